The predicted octanol–water partition coefficient (Wildman–Crippen LogP) is 3.86. The van der Waals surface area contributed by atoms with Gasteiger partial charge in [0, 0.05) is 48.2 Å². The second-order valence-corrected chi connectivity index (χ2v) is 6.60. The molecule has 1 aliphatic rings. The van der Waals surface area contributed by atoms with Gasteiger partial charge in [0.05, 0.1) is 5.69 Å². The van der Waals surface area contributed by atoms with E-state index in [2.05, 4.69) is 45.0 Å². The van der Waals surface area contributed by atoms with Crippen molar-refractivity contribution in [2.45, 2.75) is 26.3 Å². The Kier molecular flexibility index (Phi) is 3.83. The third kappa shape index (κ3) is 2.86. The SMILES string of the molecule is C[C@H]1CCCN(Cc2c(-c3ccncc3)[nH]c3ncccc23)C1. The van der Waals surface area contributed by atoms with Crippen LogP contribution in [0.2, 0.25) is 0 Å². The molecule has 4 nitrogen and oxygen atoms in total. The lowest BCUT2D eigenvalue weighted by Crippen LogP contribution is -2.33. The van der Waals surface area contributed by atoms with E-state index in [1.165, 1.54) is 48.1 Å². The molecule has 1 N–H and O–H groups in total. The van der Waals surface area contributed by atoms with Gasteiger partial charge in [-0.2, -0.15) is 0 Å². The lowest BCUT2D eigenvalue weighted by atomic mass is 9.99. The summed E-state index contributed by atoms with van der Waals surface area (Å²) < 4.78 is 0. The molecule has 4 heterocycles. The summed E-state index contributed by atoms with van der Waals surface area (Å²) in [6.07, 6.45) is 8.19. The van der Waals surface area contributed by atoms with Crippen LogP contribution in [0.5, 0.6) is 0 Å². The van der Waals surface area contributed by atoms with Gasteiger partial charge in [-0.15, -0.1) is 0 Å². The van der Waals surface area contributed by atoms with Crippen LogP contribution in [-0.4, -0.2) is 32.9 Å². The maximum atomic E-state index is 4.51. The Labute approximate surface area is 136 Å². The minimum atomic E-state index is 0.788. The monoisotopic (exact) mass is 306 g/mol. The van der Waals surface area contributed by atoms with E-state index >= 15 is 0 Å². The van der Waals surface area contributed by atoms with Gasteiger partial charge in [0.25, 0.3) is 0 Å². The quantitative estimate of drug-likeness (QED) is 0.799. The fourth-order valence-electron chi connectivity index (χ4n) is 3.66. The van der Waals surface area contributed by atoms with E-state index in [-0.39, 0.29) is 0 Å². The first kappa shape index (κ1) is 14.4. The second kappa shape index (κ2) is 6.13. The normalized spacial score (nSPS) is 19.3. The smallest absolute Gasteiger partial charge is 0.138 e. The Hall–Kier alpha value is -2.20. The lowest BCUT2D eigenvalue weighted by Gasteiger charge is -2.31. The number of pyridine rings is 2. The Morgan fingerprint density at radius 1 is 1.22 bits per heavy atom. The predicted molar refractivity (Wildman–Crippen MR) is 93.0 cm³/mol. The summed E-state index contributed by atoms with van der Waals surface area (Å²) in [6, 6.07) is 8.32. The molecule has 1 fully saturated rings. The number of likely N-dealkylation sites (tertiary alicyclic amines) is 1. The Balaban J connectivity index is 1.77. The van der Waals surface area contributed by atoms with Gasteiger partial charge in [-0.25, -0.2) is 4.98 Å². The molecule has 1 aliphatic heterocycles. The van der Waals surface area contributed by atoms with Crippen LogP contribution in [-0.2, 0) is 6.54 Å². The number of H-pyrrole nitrogens is 1. The Morgan fingerprint density at radius 3 is 2.91 bits per heavy atom. The number of fused-ring (bicyclic) bond motifs is 1. The van der Waals surface area contributed by atoms with E-state index in [4.69, 9.17) is 0 Å². The van der Waals surface area contributed by atoms with E-state index in [0.29, 0.717) is 0 Å². The molecule has 3 aromatic rings. The minimum absolute atomic E-state index is 0.788. The van der Waals surface area contributed by atoms with Crippen LogP contribution in [0.25, 0.3) is 22.3 Å². The first-order valence-corrected chi connectivity index (χ1v) is 8.39. The van der Waals surface area contributed by atoms with Crippen molar-refractivity contribution in [2.75, 3.05) is 13.1 Å². The van der Waals surface area contributed by atoms with Crippen LogP contribution in [0.1, 0.15) is 25.3 Å². The van der Waals surface area contributed by atoms with Crippen molar-refractivity contribution in [1.29, 1.82) is 0 Å². The van der Waals surface area contributed by atoms with Crippen molar-refractivity contribution in [3.8, 4) is 11.3 Å². The average Bonchev–Trinajstić information content (AvgIpc) is 2.95. The molecule has 0 unspecified atom stereocenters. The van der Waals surface area contributed by atoms with Gasteiger partial charge in [0.2, 0.25) is 0 Å². The summed E-state index contributed by atoms with van der Waals surface area (Å²) in [7, 11) is 0. The molecule has 118 valence electrons. The maximum absolute atomic E-state index is 4.51. The summed E-state index contributed by atoms with van der Waals surface area (Å²) in [5, 5.41) is 1.23. The average molecular weight is 306 g/mol. The fraction of sp³-hybridized carbons (Fsp3) is 0.368. The highest BCUT2D eigenvalue weighted by atomic mass is 15.1. The number of rotatable bonds is 3. The number of piperidine rings is 1. The van der Waals surface area contributed by atoms with Gasteiger partial charge in [-0.3, -0.25) is 9.88 Å². The van der Waals surface area contributed by atoms with Gasteiger partial charge in [0.1, 0.15) is 5.65 Å². The molecule has 0 aromatic carbocycles. The molecule has 0 radical (unpaired) electrons. The van der Waals surface area contributed by atoms with Crippen molar-refractivity contribution in [3.05, 3.63) is 48.4 Å². The Bertz CT molecular complexity index is 793. The standard InChI is InChI=1S/C19H22N4/c1-14-4-3-11-23(12-14)13-17-16-5-2-8-21-19(16)22-18(17)15-6-9-20-10-7-15/h2,5-10,14H,3-4,11-13H2,1H3,(H,21,22)/t14-/m0/s1. The highest BCUT2D eigenvalue weighted by molar-refractivity contribution is 5.88. The molecule has 0 amide bonds. The summed E-state index contributed by atoms with van der Waals surface area (Å²) in [4.78, 5) is 14.7. The summed E-state index contributed by atoms with van der Waals surface area (Å²) in [5.41, 5.74) is 4.69. The molecule has 4 rings (SSSR count). The van der Waals surface area contributed by atoms with Gasteiger partial charge in [0.15, 0.2) is 0 Å². The van der Waals surface area contributed by atoms with Crippen LogP contribution in [0, 0.1) is 5.92 Å². The first-order chi connectivity index (χ1) is 11.3. The highest BCUT2D eigenvalue weighted by Gasteiger charge is 2.20. The number of aromatic amines is 1. The topological polar surface area (TPSA) is 44.8 Å². The molecule has 1 saturated heterocycles. The van der Waals surface area contributed by atoms with Crippen molar-refractivity contribution >= 4 is 11.0 Å². The number of nitrogens with zero attached hydrogens (tertiary/aromatic N) is 3. The molecule has 0 saturated carbocycles. The van der Waals surface area contributed by atoms with E-state index in [9.17, 15) is 0 Å². The summed E-state index contributed by atoms with van der Waals surface area (Å²) in [5.74, 6) is 0.788. The van der Waals surface area contributed by atoms with Gasteiger partial charge < -0.3 is 4.98 Å². The molecule has 23 heavy (non-hydrogen) atoms. The zero-order chi connectivity index (χ0) is 15.6. The third-order valence-corrected chi connectivity index (χ3v) is 4.77. The van der Waals surface area contributed by atoms with Gasteiger partial charge >= 0.3 is 0 Å². The molecular formula is C19H22N4. The first-order valence-electron chi connectivity index (χ1n) is 8.39. The molecule has 0 spiro atoms. The Morgan fingerprint density at radius 2 is 2.09 bits per heavy atom. The zero-order valence-corrected chi connectivity index (χ0v) is 13.5. The van der Waals surface area contributed by atoms with Crippen LogP contribution >= 0.6 is 0 Å². The van der Waals surface area contributed by atoms with E-state index in [1.807, 2.05) is 24.7 Å². The summed E-state index contributed by atoms with van der Waals surface area (Å²) >= 11 is 0. The van der Waals surface area contributed by atoms with E-state index in [1.54, 1.807) is 0 Å². The fourth-order valence-corrected chi connectivity index (χ4v) is 3.66. The van der Waals surface area contributed by atoms with E-state index in [0.717, 1.165) is 18.1 Å². The zero-order valence-electron chi connectivity index (χ0n) is 13.5. The number of aromatic nitrogens is 3. The van der Waals surface area contributed by atoms with Gasteiger partial charge in [-0.05, 0) is 49.6 Å². The van der Waals surface area contributed by atoms with Crippen LogP contribution < -0.4 is 0 Å². The number of hydrogen-bond acceptors (Lipinski definition) is 3. The molecular weight excluding hydrogens is 284 g/mol. The lowest BCUT2D eigenvalue weighted by molar-refractivity contribution is 0.177. The van der Waals surface area contributed by atoms with Crippen molar-refractivity contribution in [3.63, 3.8) is 0 Å². The third-order valence-electron chi connectivity index (χ3n) is 4.77. The van der Waals surface area contributed by atoms with Crippen molar-refractivity contribution < 1.29 is 0 Å². The van der Waals surface area contributed by atoms with Crippen LogP contribution in [0.3, 0.4) is 0 Å². The highest BCUT2D eigenvalue weighted by Crippen LogP contribution is 2.31. The molecule has 3 aromatic heterocycles. The number of hydrogen-bond donors (Lipinski definition) is 1. The maximum Gasteiger partial charge on any atom is 0.138 e. The minimum Gasteiger partial charge on any atom is -0.339 e. The number of nitrogens with one attached hydrogen (secondary N) is 1. The van der Waals surface area contributed by atoms with E-state index < -0.39 is 0 Å². The van der Waals surface area contributed by atoms with Crippen molar-refractivity contribution in [2.24, 2.45) is 5.92 Å². The second-order valence-electron chi connectivity index (χ2n) is 6.60. The van der Waals surface area contributed by atoms with Crippen LogP contribution in [0.15, 0.2) is 42.9 Å². The molecule has 0 bridgehead atoms. The molecule has 0 aliphatic carbocycles. The summed E-state index contributed by atoms with van der Waals surface area (Å²) in [6.45, 7) is 5.70. The van der Waals surface area contributed by atoms with Gasteiger partial charge in [-0.1, -0.05) is 6.92 Å². The molecule has 1 atom stereocenters. The van der Waals surface area contributed by atoms with Crippen LogP contribution in [0.4, 0.5) is 0 Å². The van der Waals surface area contributed by atoms with Crippen molar-refractivity contribution in [1.82, 2.24) is 19.9 Å². The largest absolute Gasteiger partial charge is 0.339 e. The molecule has 4 heteroatoms.